The average molecular weight is 277 g/mol. The summed E-state index contributed by atoms with van der Waals surface area (Å²) in [6, 6.07) is 0. The van der Waals surface area contributed by atoms with Crippen molar-refractivity contribution >= 4 is 23.1 Å². The third kappa shape index (κ3) is 3.99. The van der Waals surface area contributed by atoms with E-state index in [1.807, 2.05) is 12.3 Å². The molecule has 0 unspecified atom stereocenters. The fourth-order valence-corrected chi connectivity index (χ4v) is 2.11. The monoisotopic (exact) mass is 277 g/mol. The first-order chi connectivity index (χ1) is 9.29. The molecule has 2 aromatic heterocycles. The summed E-state index contributed by atoms with van der Waals surface area (Å²) in [6.07, 6.45) is 5.53. The SMILES string of the molecule is CCNc1cncc(C(=O)NCCc2nccs2)n1. The summed E-state index contributed by atoms with van der Waals surface area (Å²) in [5.74, 6) is 0.388. The van der Waals surface area contributed by atoms with Crippen LogP contribution >= 0.6 is 11.3 Å². The van der Waals surface area contributed by atoms with E-state index in [2.05, 4.69) is 25.6 Å². The minimum absolute atomic E-state index is 0.219. The Morgan fingerprint density at radius 2 is 2.32 bits per heavy atom. The molecule has 0 fully saturated rings. The van der Waals surface area contributed by atoms with Gasteiger partial charge in [0, 0.05) is 31.1 Å². The Morgan fingerprint density at radius 3 is 3.05 bits per heavy atom. The van der Waals surface area contributed by atoms with Gasteiger partial charge in [0.25, 0.3) is 5.91 Å². The van der Waals surface area contributed by atoms with Crippen molar-refractivity contribution in [2.45, 2.75) is 13.3 Å². The fourth-order valence-electron chi connectivity index (χ4n) is 1.49. The van der Waals surface area contributed by atoms with Crippen LogP contribution in [0.1, 0.15) is 22.4 Å². The number of carbonyl (C=O) groups excluding carboxylic acids is 1. The lowest BCUT2D eigenvalue weighted by Crippen LogP contribution is -2.26. The lowest BCUT2D eigenvalue weighted by atomic mass is 10.4. The van der Waals surface area contributed by atoms with Gasteiger partial charge in [-0.3, -0.25) is 9.78 Å². The largest absolute Gasteiger partial charge is 0.369 e. The van der Waals surface area contributed by atoms with Gasteiger partial charge in [-0.2, -0.15) is 0 Å². The molecule has 0 radical (unpaired) electrons. The predicted molar refractivity (Wildman–Crippen MR) is 74.3 cm³/mol. The fraction of sp³-hybridized carbons (Fsp3) is 0.333. The third-order valence-electron chi connectivity index (χ3n) is 2.33. The van der Waals surface area contributed by atoms with Gasteiger partial charge in [0.2, 0.25) is 0 Å². The Morgan fingerprint density at radius 1 is 1.42 bits per heavy atom. The number of carbonyl (C=O) groups is 1. The maximum absolute atomic E-state index is 11.9. The van der Waals surface area contributed by atoms with Crippen molar-refractivity contribution in [3.05, 3.63) is 34.7 Å². The standard InChI is InChI=1S/C12H15N5OS/c1-2-14-10-8-13-7-9(17-10)12(18)16-4-3-11-15-5-6-19-11/h5-8H,2-4H2,1H3,(H,14,17)(H,16,18). The minimum Gasteiger partial charge on any atom is -0.369 e. The van der Waals surface area contributed by atoms with Crippen molar-refractivity contribution in [1.29, 1.82) is 0 Å². The van der Waals surface area contributed by atoms with Crippen molar-refractivity contribution in [3.8, 4) is 0 Å². The highest BCUT2D eigenvalue weighted by Gasteiger charge is 2.08. The van der Waals surface area contributed by atoms with E-state index in [4.69, 9.17) is 0 Å². The molecule has 7 heteroatoms. The second-order valence-corrected chi connectivity index (χ2v) is 4.73. The minimum atomic E-state index is -0.219. The lowest BCUT2D eigenvalue weighted by Gasteiger charge is -2.05. The molecule has 2 aromatic rings. The molecule has 2 N–H and O–H groups in total. The first-order valence-corrected chi connectivity index (χ1v) is 6.90. The van der Waals surface area contributed by atoms with E-state index >= 15 is 0 Å². The average Bonchev–Trinajstić information content (AvgIpc) is 2.92. The van der Waals surface area contributed by atoms with Crippen LogP contribution in [0.4, 0.5) is 5.82 Å². The van der Waals surface area contributed by atoms with E-state index < -0.39 is 0 Å². The molecule has 1 amide bonds. The van der Waals surface area contributed by atoms with Crippen LogP contribution in [0.25, 0.3) is 0 Å². The van der Waals surface area contributed by atoms with Crippen LogP contribution in [-0.4, -0.2) is 33.9 Å². The van der Waals surface area contributed by atoms with Crippen LogP contribution < -0.4 is 10.6 Å². The summed E-state index contributed by atoms with van der Waals surface area (Å²) in [5.41, 5.74) is 0.317. The molecule has 0 aromatic carbocycles. The molecule has 0 atom stereocenters. The van der Waals surface area contributed by atoms with Gasteiger partial charge in [-0.25, -0.2) is 9.97 Å². The zero-order chi connectivity index (χ0) is 13.5. The maximum atomic E-state index is 11.9. The normalized spacial score (nSPS) is 10.2. The zero-order valence-corrected chi connectivity index (χ0v) is 11.4. The number of nitrogens with zero attached hydrogens (tertiary/aromatic N) is 3. The van der Waals surface area contributed by atoms with Gasteiger partial charge in [0.1, 0.15) is 11.5 Å². The number of hydrogen-bond donors (Lipinski definition) is 2. The number of hydrogen-bond acceptors (Lipinski definition) is 6. The zero-order valence-electron chi connectivity index (χ0n) is 10.6. The number of rotatable bonds is 6. The number of aromatic nitrogens is 3. The van der Waals surface area contributed by atoms with Gasteiger partial charge in [0.05, 0.1) is 17.4 Å². The van der Waals surface area contributed by atoms with Crippen molar-refractivity contribution in [1.82, 2.24) is 20.3 Å². The molecule has 0 aliphatic rings. The third-order valence-corrected chi connectivity index (χ3v) is 3.17. The van der Waals surface area contributed by atoms with Crippen molar-refractivity contribution < 1.29 is 4.79 Å². The Kier molecular flexibility index (Phi) is 4.79. The van der Waals surface area contributed by atoms with Crippen molar-refractivity contribution in [2.24, 2.45) is 0 Å². The van der Waals surface area contributed by atoms with E-state index in [9.17, 15) is 4.79 Å². The molecule has 0 bridgehead atoms. The Bertz CT molecular complexity index is 529. The molecule has 2 rings (SSSR count). The van der Waals surface area contributed by atoms with Gasteiger partial charge >= 0.3 is 0 Å². The molecule has 2 heterocycles. The smallest absolute Gasteiger partial charge is 0.271 e. The molecule has 6 nitrogen and oxygen atoms in total. The molecule has 0 spiro atoms. The second kappa shape index (κ2) is 6.79. The van der Waals surface area contributed by atoms with Crippen LogP contribution in [0.3, 0.4) is 0 Å². The number of nitrogens with one attached hydrogen (secondary N) is 2. The first-order valence-electron chi connectivity index (χ1n) is 6.02. The Hall–Kier alpha value is -2.02. The van der Waals surface area contributed by atoms with E-state index in [1.165, 1.54) is 6.20 Å². The van der Waals surface area contributed by atoms with E-state index in [0.717, 1.165) is 18.0 Å². The number of anilines is 1. The predicted octanol–water partition coefficient (Wildman–Crippen LogP) is 1.34. The molecular formula is C12H15N5OS. The van der Waals surface area contributed by atoms with Crippen LogP contribution in [0.5, 0.6) is 0 Å². The first kappa shape index (κ1) is 13.4. The second-order valence-electron chi connectivity index (χ2n) is 3.75. The van der Waals surface area contributed by atoms with E-state index in [1.54, 1.807) is 23.7 Å². The van der Waals surface area contributed by atoms with Gasteiger partial charge in [-0.15, -0.1) is 11.3 Å². The molecule has 0 saturated carbocycles. The summed E-state index contributed by atoms with van der Waals surface area (Å²) in [5, 5.41) is 8.75. The highest BCUT2D eigenvalue weighted by Crippen LogP contribution is 2.04. The lowest BCUT2D eigenvalue weighted by molar-refractivity contribution is 0.0949. The van der Waals surface area contributed by atoms with Crippen LogP contribution in [0, 0.1) is 0 Å². The maximum Gasteiger partial charge on any atom is 0.271 e. The Labute approximate surface area is 115 Å². The molecule has 0 aliphatic carbocycles. The highest BCUT2D eigenvalue weighted by molar-refractivity contribution is 7.09. The quantitative estimate of drug-likeness (QED) is 0.833. The van der Waals surface area contributed by atoms with Gasteiger partial charge in [-0.1, -0.05) is 0 Å². The van der Waals surface area contributed by atoms with E-state index in [0.29, 0.717) is 18.1 Å². The van der Waals surface area contributed by atoms with Crippen LogP contribution in [0.15, 0.2) is 24.0 Å². The van der Waals surface area contributed by atoms with Crippen LogP contribution in [-0.2, 0) is 6.42 Å². The van der Waals surface area contributed by atoms with Crippen molar-refractivity contribution in [2.75, 3.05) is 18.4 Å². The van der Waals surface area contributed by atoms with Crippen LogP contribution in [0.2, 0.25) is 0 Å². The molecular weight excluding hydrogens is 262 g/mol. The number of thiazole rings is 1. The summed E-state index contributed by atoms with van der Waals surface area (Å²) in [6.45, 7) is 3.24. The summed E-state index contributed by atoms with van der Waals surface area (Å²) < 4.78 is 0. The molecule has 0 aliphatic heterocycles. The highest BCUT2D eigenvalue weighted by atomic mass is 32.1. The Balaban J connectivity index is 1.87. The number of amides is 1. The van der Waals surface area contributed by atoms with Gasteiger partial charge in [-0.05, 0) is 6.92 Å². The molecule has 100 valence electrons. The topological polar surface area (TPSA) is 79.8 Å². The summed E-state index contributed by atoms with van der Waals surface area (Å²) >= 11 is 1.58. The van der Waals surface area contributed by atoms with Crippen molar-refractivity contribution in [3.63, 3.8) is 0 Å². The summed E-state index contributed by atoms with van der Waals surface area (Å²) in [4.78, 5) is 24.2. The van der Waals surface area contributed by atoms with Gasteiger partial charge in [0.15, 0.2) is 0 Å². The molecule has 0 saturated heterocycles. The summed E-state index contributed by atoms with van der Waals surface area (Å²) in [7, 11) is 0. The van der Waals surface area contributed by atoms with E-state index in [-0.39, 0.29) is 5.91 Å². The molecule has 19 heavy (non-hydrogen) atoms. The van der Waals surface area contributed by atoms with Gasteiger partial charge < -0.3 is 10.6 Å².